The van der Waals surface area contributed by atoms with Gasteiger partial charge in [0.05, 0.1) is 18.1 Å². The third-order valence-electron chi connectivity index (χ3n) is 6.40. The Labute approximate surface area is 217 Å². The quantitative estimate of drug-likeness (QED) is 0.352. The Morgan fingerprint density at radius 3 is 2.70 bits per heavy atom. The van der Waals surface area contributed by atoms with Crippen molar-refractivity contribution in [2.24, 2.45) is 5.73 Å². The maximum Gasteiger partial charge on any atom is 0.254 e. The predicted octanol–water partition coefficient (Wildman–Crippen LogP) is 5.31. The Kier molecular flexibility index (Phi) is 6.87. The Morgan fingerprint density at radius 1 is 1.22 bits per heavy atom. The van der Waals surface area contributed by atoms with E-state index in [0.717, 1.165) is 11.3 Å². The van der Waals surface area contributed by atoms with E-state index in [9.17, 15) is 13.6 Å². The molecule has 0 bridgehead atoms. The van der Waals surface area contributed by atoms with Crippen LogP contribution in [0, 0.1) is 6.92 Å². The zero-order valence-corrected chi connectivity index (χ0v) is 21.3. The number of rotatable bonds is 7. The van der Waals surface area contributed by atoms with Crippen molar-refractivity contribution in [3.8, 4) is 11.5 Å². The summed E-state index contributed by atoms with van der Waals surface area (Å²) >= 11 is 1.40. The smallest absolute Gasteiger partial charge is 0.254 e. The van der Waals surface area contributed by atoms with Crippen LogP contribution in [0.25, 0.3) is 11.5 Å². The molecule has 3 atom stereocenters. The van der Waals surface area contributed by atoms with Crippen LogP contribution in [-0.4, -0.2) is 38.7 Å². The molecule has 1 saturated heterocycles. The second-order valence-corrected chi connectivity index (χ2v) is 10.6. The highest BCUT2D eigenvalue weighted by Gasteiger charge is 2.38. The summed E-state index contributed by atoms with van der Waals surface area (Å²) in [6.45, 7) is 2.81. The van der Waals surface area contributed by atoms with Gasteiger partial charge in [-0.3, -0.25) is 4.79 Å². The van der Waals surface area contributed by atoms with Crippen molar-refractivity contribution in [2.75, 3.05) is 6.54 Å². The molecule has 0 aliphatic carbocycles. The fourth-order valence-electron chi connectivity index (χ4n) is 4.62. The van der Waals surface area contributed by atoms with Gasteiger partial charge in [-0.15, -0.1) is 21.5 Å². The summed E-state index contributed by atoms with van der Waals surface area (Å²) in [6, 6.07) is 13.8. The number of thiazole rings is 1. The molecule has 0 unspecified atom stereocenters. The summed E-state index contributed by atoms with van der Waals surface area (Å²) < 4.78 is 34.1. The predicted molar refractivity (Wildman–Crippen MR) is 136 cm³/mol. The zero-order chi connectivity index (χ0) is 26.2. The van der Waals surface area contributed by atoms with Gasteiger partial charge in [0.1, 0.15) is 17.9 Å². The van der Waals surface area contributed by atoms with Crippen LogP contribution in [0.15, 0.2) is 58.3 Å². The molecule has 0 spiro atoms. The molecule has 3 heterocycles. The van der Waals surface area contributed by atoms with Crippen molar-refractivity contribution in [1.82, 2.24) is 20.1 Å². The molecule has 2 N–H and O–H groups in total. The number of likely N-dealkylation sites (tertiary alicyclic amines) is 1. The topological polar surface area (TPSA) is 98.1 Å². The molecule has 1 aliphatic rings. The first-order valence-corrected chi connectivity index (χ1v) is 12.9. The zero-order valence-electron chi connectivity index (χ0n) is 20.5. The molecule has 2 aromatic carbocycles. The van der Waals surface area contributed by atoms with Crippen LogP contribution in [0.3, 0.4) is 0 Å². The Balaban J connectivity index is 1.44. The summed E-state index contributed by atoms with van der Waals surface area (Å²) in [5, 5.41) is 10.8. The number of hydrogen-bond donors (Lipinski definition) is 1. The van der Waals surface area contributed by atoms with E-state index < -0.39 is 30.3 Å². The Morgan fingerprint density at radius 2 is 2.00 bits per heavy atom. The van der Waals surface area contributed by atoms with Crippen molar-refractivity contribution in [1.29, 1.82) is 0 Å². The summed E-state index contributed by atoms with van der Waals surface area (Å²) in [5.74, 6) is -0.0492. The molecular weight excluding hydrogens is 496 g/mol. The molecule has 0 radical (unpaired) electrons. The minimum Gasteiger partial charge on any atom is -0.419 e. The average Bonchev–Trinajstić information content (AvgIpc) is 3.63. The summed E-state index contributed by atoms with van der Waals surface area (Å²) in [5.41, 5.74) is 8.30. The molecule has 10 heteroatoms. The summed E-state index contributed by atoms with van der Waals surface area (Å²) in [7, 11) is 0. The lowest BCUT2D eigenvalue weighted by molar-refractivity contribution is 0.0728. The second kappa shape index (κ2) is 10.1. The Hall–Kier alpha value is -3.50. The lowest BCUT2D eigenvalue weighted by Crippen LogP contribution is -2.35. The van der Waals surface area contributed by atoms with Crippen molar-refractivity contribution in [2.45, 2.75) is 51.1 Å². The number of amides is 1. The number of halogens is 2. The van der Waals surface area contributed by atoms with Gasteiger partial charge in [-0.25, -0.2) is 13.8 Å². The van der Waals surface area contributed by atoms with Gasteiger partial charge >= 0.3 is 0 Å². The van der Waals surface area contributed by atoms with E-state index >= 15 is 0 Å². The number of alkyl halides is 2. The van der Waals surface area contributed by atoms with Crippen LogP contribution in [0.5, 0.6) is 0 Å². The van der Waals surface area contributed by atoms with E-state index in [1.54, 1.807) is 19.1 Å². The minimum atomic E-state index is -1.16. The monoisotopic (exact) mass is 523 g/mol. The molecule has 2 aromatic heterocycles. The van der Waals surface area contributed by atoms with E-state index in [2.05, 4.69) is 15.2 Å². The number of benzene rings is 2. The molecule has 0 saturated carbocycles. The van der Waals surface area contributed by atoms with Gasteiger partial charge in [-0.2, -0.15) is 0 Å². The SMILES string of the molecule is Cc1csc([C@H]2C[C@H](F)CN2C(=O)c2cc(CF)cc(-c3nnc([C@](C)(N)Cc4ccccc4)o3)c2)n1. The number of carbonyl (C=O) groups excluding carboxylic acids is 1. The van der Waals surface area contributed by atoms with Gasteiger partial charge in [-0.1, -0.05) is 30.3 Å². The van der Waals surface area contributed by atoms with E-state index in [1.165, 1.54) is 22.3 Å². The van der Waals surface area contributed by atoms with E-state index in [4.69, 9.17) is 10.2 Å². The minimum absolute atomic E-state index is 0.0486. The van der Waals surface area contributed by atoms with Gasteiger partial charge < -0.3 is 15.1 Å². The number of aryl methyl sites for hydroxylation is 1. The number of aromatic nitrogens is 3. The molecule has 37 heavy (non-hydrogen) atoms. The number of carbonyl (C=O) groups is 1. The second-order valence-electron chi connectivity index (χ2n) is 9.68. The summed E-state index contributed by atoms with van der Waals surface area (Å²) in [4.78, 5) is 19.5. The third kappa shape index (κ3) is 5.30. The molecule has 5 rings (SSSR count). The average molecular weight is 524 g/mol. The van der Waals surface area contributed by atoms with Crippen LogP contribution in [-0.2, 0) is 18.6 Å². The number of hydrogen-bond acceptors (Lipinski definition) is 7. The van der Waals surface area contributed by atoms with Crippen LogP contribution in [0.4, 0.5) is 8.78 Å². The first-order valence-electron chi connectivity index (χ1n) is 12.0. The van der Waals surface area contributed by atoms with Crippen molar-refractivity contribution >= 4 is 17.2 Å². The molecule has 4 aromatic rings. The van der Waals surface area contributed by atoms with Gasteiger partial charge in [0.15, 0.2) is 0 Å². The van der Waals surface area contributed by atoms with Crippen molar-refractivity contribution in [3.63, 3.8) is 0 Å². The number of nitrogens with zero attached hydrogens (tertiary/aromatic N) is 4. The first-order chi connectivity index (χ1) is 17.7. The van der Waals surface area contributed by atoms with Crippen molar-refractivity contribution in [3.05, 3.63) is 87.2 Å². The normalized spacial score (nSPS) is 19.2. The molecule has 1 aliphatic heterocycles. The maximum atomic E-state index is 14.4. The molecule has 1 fully saturated rings. The van der Waals surface area contributed by atoms with Gasteiger partial charge in [0.2, 0.25) is 11.8 Å². The van der Waals surface area contributed by atoms with Crippen LogP contribution in [0.1, 0.15) is 57.5 Å². The summed E-state index contributed by atoms with van der Waals surface area (Å²) in [6.07, 6.45) is -0.509. The third-order valence-corrected chi connectivity index (χ3v) is 7.47. The number of nitrogens with two attached hydrogens (primary N) is 1. The van der Waals surface area contributed by atoms with E-state index in [1.807, 2.05) is 42.6 Å². The fourth-order valence-corrected chi connectivity index (χ4v) is 5.54. The molecule has 1 amide bonds. The Bertz CT molecular complexity index is 1400. The molecule has 192 valence electrons. The molecular formula is C27H27F2N5O2S. The fraction of sp³-hybridized carbons (Fsp3) is 0.333. The highest BCUT2D eigenvalue weighted by molar-refractivity contribution is 7.09. The van der Waals surface area contributed by atoms with Crippen LogP contribution in [0.2, 0.25) is 0 Å². The standard InChI is InChI=1S/C27H27F2N5O2S/c1-16-15-37-24(31-16)22-11-21(29)14-34(22)25(35)20-9-18(13-28)8-19(10-20)23-32-33-26(36-23)27(2,30)12-17-6-4-3-5-7-17/h3-10,15,21-22H,11-14,30H2,1-2H3/t21-,22+,27+/m0/s1. The van der Waals surface area contributed by atoms with Gasteiger partial charge in [-0.05, 0) is 49.6 Å². The lowest BCUT2D eigenvalue weighted by Gasteiger charge is -2.23. The van der Waals surface area contributed by atoms with Crippen LogP contribution < -0.4 is 5.73 Å². The highest BCUT2D eigenvalue weighted by Crippen LogP contribution is 2.37. The molecule has 7 nitrogen and oxygen atoms in total. The first kappa shape index (κ1) is 25.2. The van der Waals surface area contributed by atoms with E-state index in [0.29, 0.717) is 17.0 Å². The highest BCUT2D eigenvalue weighted by atomic mass is 32.1. The lowest BCUT2D eigenvalue weighted by atomic mass is 9.94. The maximum absolute atomic E-state index is 14.4. The van der Waals surface area contributed by atoms with Gasteiger partial charge in [0, 0.05) is 28.6 Å². The van der Waals surface area contributed by atoms with Crippen LogP contribution >= 0.6 is 11.3 Å². The largest absolute Gasteiger partial charge is 0.419 e. The van der Waals surface area contributed by atoms with Gasteiger partial charge in [0.25, 0.3) is 5.91 Å². The van der Waals surface area contributed by atoms with Crippen molar-refractivity contribution < 1.29 is 18.0 Å². The van der Waals surface area contributed by atoms with E-state index in [-0.39, 0.29) is 35.9 Å².